The smallest absolute Gasteiger partial charge is 0.244 e. The molecule has 0 atom stereocenters. The highest BCUT2D eigenvalue weighted by Gasteiger charge is 2.17. The standard InChI is InChI=1S/C19H22N2O2/c1-13-9-10-17(15(3)11-13)20-19(23)12-21(16(4)22)18-8-6-5-7-14(18)2/h5-11H,12H2,1-4H3,(H,20,23). The molecule has 4 nitrogen and oxygen atoms in total. The molecule has 0 aromatic heterocycles. The SMILES string of the molecule is CC(=O)N(CC(=O)Nc1ccc(C)cc1C)c1ccccc1C. The number of carbonyl (C=O) groups is 2. The minimum atomic E-state index is -0.213. The zero-order valence-electron chi connectivity index (χ0n) is 14.0. The van der Waals surface area contributed by atoms with Crippen LogP contribution in [0, 0.1) is 20.8 Å². The molecule has 4 heteroatoms. The van der Waals surface area contributed by atoms with E-state index in [1.54, 1.807) is 0 Å². The first-order valence-electron chi connectivity index (χ1n) is 7.59. The van der Waals surface area contributed by atoms with Gasteiger partial charge in [-0.15, -0.1) is 0 Å². The number of nitrogens with zero attached hydrogens (tertiary/aromatic N) is 1. The van der Waals surface area contributed by atoms with Crippen LogP contribution >= 0.6 is 0 Å². The van der Waals surface area contributed by atoms with Gasteiger partial charge in [0.25, 0.3) is 0 Å². The first kappa shape index (κ1) is 16.7. The molecule has 2 aromatic carbocycles. The fraction of sp³-hybridized carbons (Fsp3) is 0.263. The average molecular weight is 310 g/mol. The lowest BCUT2D eigenvalue weighted by Gasteiger charge is -2.22. The van der Waals surface area contributed by atoms with Crippen molar-refractivity contribution in [2.75, 3.05) is 16.8 Å². The highest BCUT2D eigenvalue weighted by Crippen LogP contribution is 2.20. The summed E-state index contributed by atoms with van der Waals surface area (Å²) in [4.78, 5) is 25.8. The van der Waals surface area contributed by atoms with Crippen LogP contribution in [0.3, 0.4) is 0 Å². The summed E-state index contributed by atoms with van der Waals surface area (Å²) < 4.78 is 0. The van der Waals surface area contributed by atoms with E-state index in [2.05, 4.69) is 5.32 Å². The maximum Gasteiger partial charge on any atom is 0.244 e. The van der Waals surface area contributed by atoms with E-state index in [1.807, 2.05) is 63.2 Å². The minimum absolute atomic E-state index is 0.00645. The lowest BCUT2D eigenvalue weighted by atomic mass is 10.1. The zero-order chi connectivity index (χ0) is 17.0. The van der Waals surface area contributed by atoms with E-state index in [1.165, 1.54) is 11.8 Å². The summed E-state index contributed by atoms with van der Waals surface area (Å²) in [5.74, 6) is -0.370. The number of hydrogen-bond acceptors (Lipinski definition) is 2. The van der Waals surface area contributed by atoms with Crippen LogP contribution in [0.2, 0.25) is 0 Å². The fourth-order valence-corrected chi connectivity index (χ4v) is 2.52. The predicted octanol–water partition coefficient (Wildman–Crippen LogP) is 3.60. The summed E-state index contributed by atoms with van der Waals surface area (Å²) in [6.07, 6.45) is 0. The summed E-state index contributed by atoms with van der Waals surface area (Å²) in [6.45, 7) is 7.35. The largest absolute Gasteiger partial charge is 0.324 e. The lowest BCUT2D eigenvalue weighted by molar-refractivity contribution is -0.120. The van der Waals surface area contributed by atoms with Crippen LogP contribution in [0.4, 0.5) is 11.4 Å². The van der Waals surface area contributed by atoms with E-state index in [4.69, 9.17) is 0 Å². The van der Waals surface area contributed by atoms with Crippen LogP contribution in [-0.2, 0) is 9.59 Å². The van der Waals surface area contributed by atoms with Crippen molar-refractivity contribution < 1.29 is 9.59 Å². The normalized spacial score (nSPS) is 10.3. The third-order valence-electron chi connectivity index (χ3n) is 3.74. The Morgan fingerprint density at radius 2 is 1.70 bits per heavy atom. The molecule has 0 saturated heterocycles. The topological polar surface area (TPSA) is 49.4 Å². The molecule has 0 radical (unpaired) electrons. The van der Waals surface area contributed by atoms with E-state index >= 15 is 0 Å². The molecule has 2 amide bonds. The molecule has 0 saturated carbocycles. The number of aryl methyl sites for hydroxylation is 3. The Balaban J connectivity index is 2.16. The summed E-state index contributed by atoms with van der Waals surface area (Å²) in [5.41, 5.74) is 4.64. The number of carbonyl (C=O) groups excluding carboxylic acids is 2. The summed E-state index contributed by atoms with van der Waals surface area (Å²) in [7, 11) is 0. The first-order valence-corrected chi connectivity index (χ1v) is 7.59. The number of benzene rings is 2. The number of para-hydroxylation sites is 1. The number of amides is 2. The van der Waals surface area contributed by atoms with E-state index in [-0.39, 0.29) is 18.4 Å². The monoisotopic (exact) mass is 310 g/mol. The minimum Gasteiger partial charge on any atom is -0.324 e. The maximum atomic E-state index is 12.3. The van der Waals surface area contributed by atoms with Crippen molar-refractivity contribution in [3.8, 4) is 0 Å². The van der Waals surface area contributed by atoms with Gasteiger partial charge in [-0.05, 0) is 44.0 Å². The Morgan fingerprint density at radius 1 is 1.00 bits per heavy atom. The van der Waals surface area contributed by atoms with Gasteiger partial charge in [0.1, 0.15) is 6.54 Å². The Labute approximate surface area is 137 Å². The Hall–Kier alpha value is -2.62. The van der Waals surface area contributed by atoms with Gasteiger partial charge in [0.2, 0.25) is 11.8 Å². The predicted molar refractivity (Wildman–Crippen MR) is 93.8 cm³/mol. The van der Waals surface area contributed by atoms with Crippen molar-refractivity contribution in [2.24, 2.45) is 0 Å². The molecular formula is C19H22N2O2. The zero-order valence-corrected chi connectivity index (χ0v) is 14.0. The molecule has 0 aliphatic carbocycles. The highest BCUT2D eigenvalue weighted by molar-refractivity contribution is 6.02. The van der Waals surface area contributed by atoms with Gasteiger partial charge in [-0.1, -0.05) is 35.9 Å². The third-order valence-corrected chi connectivity index (χ3v) is 3.74. The van der Waals surface area contributed by atoms with Crippen LogP contribution in [0.25, 0.3) is 0 Å². The van der Waals surface area contributed by atoms with Gasteiger partial charge in [-0.2, -0.15) is 0 Å². The quantitative estimate of drug-likeness (QED) is 0.938. The molecule has 0 aliphatic rings. The van der Waals surface area contributed by atoms with Gasteiger partial charge >= 0.3 is 0 Å². The first-order chi connectivity index (χ1) is 10.9. The van der Waals surface area contributed by atoms with Crippen LogP contribution in [0.5, 0.6) is 0 Å². The Kier molecular flexibility index (Phi) is 5.16. The van der Waals surface area contributed by atoms with E-state index in [9.17, 15) is 9.59 Å². The van der Waals surface area contributed by atoms with Crippen molar-refractivity contribution in [2.45, 2.75) is 27.7 Å². The van der Waals surface area contributed by atoms with Gasteiger partial charge in [0, 0.05) is 18.3 Å². The Bertz CT molecular complexity index is 738. The number of anilines is 2. The molecule has 0 unspecified atom stereocenters. The molecule has 23 heavy (non-hydrogen) atoms. The van der Waals surface area contributed by atoms with E-state index < -0.39 is 0 Å². The maximum absolute atomic E-state index is 12.3. The van der Waals surface area contributed by atoms with Crippen molar-refractivity contribution in [3.05, 3.63) is 59.2 Å². The second-order valence-electron chi connectivity index (χ2n) is 5.76. The number of rotatable bonds is 4. The molecule has 2 rings (SSSR count). The van der Waals surface area contributed by atoms with Crippen LogP contribution < -0.4 is 10.2 Å². The summed E-state index contributed by atoms with van der Waals surface area (Å²) in [5, 5.41) is 2.88. The van der Waals surface area contributed by atoms with E-state index in [0.717, 1.165) is 28.1 Å². The van der Waals surface area contributed by atoms with Gasteiger partial charge in [0.15, 0.2) is 0 Å². The molecule has 1 N–H and O–H groups in total. The van der Waals surface area contributed by atoms with Gasteiger partial charge in [0.05, 0.1) is 0 Å². The van der Waals surface area contributed by atoms with Crippen LogP contribution in [0.1, 0.15) is 23.6 Å². The van der Waals surface area contributed by atoms with Crippen molar-refractivity contribution in [1.29, 1.82) is 0 Å². The second kappa shape index (κ2) is 7.09. The Morgan fingerprint density at radius 3 is 2.30 bits per heavy atom. The van der Waals surface area contributed by atoms with Gasteiger partial charge < -0.3 is 10.2 Å². The van der Waals surface area contributed by atoms with Crippen LogP contribution in [0.15, 0.2) is 42.5 Å². The molecule has 2 aromatic rings. The van der Waals surface area contributed by atoms with Gasteiger partial charge in [-0.25, -0.2) is 0 Å². The number of nitrogens with one attached hydrogen (secondary N) is 1. The van der Waals surface area contributed by atoms with E-state index in [0.29, 0.717) is 0 Å². The number of hydrogen-bond donors (Lipinski definition) is 1. The van der Waals surface area contributed by atoms with Crippen LogP contribution in [-0.4, -0.2) is 18.4 Å². The van der Waals surface area contributed by atoms with Gasteiger partial charge in [-0.3, -0.25) is 9.59 Å². The average Bonchev–Trinajstić information content (AvgIpc) is 2.48. The van der Waals surface area contributed by atoms with Crippen molar-refractivity contribution in [3.63, 3.8) is 0 Å². The summed E-state index contributed by atoms with van der Waals surface area (Å²) in [6, 6.07) is 13.4. The second-order valence-corrected chi connectivity index (χ2v) is 5.76. The highest BCUT2D eigenvalue weighted by atomic mass is 16.2. The third kappa shape index (κ3) is 4.19. The summed E-state index contributed by atoms with van der Waals surface area (Å²) >= 11 is 0. The molecule has 0 bridgehead atoms. The molecule has 0 aliphatic heterocycles. The molecule has 0 fully saturated rings. The fourth-order valence-electron chi connectivity index (χ4n) is 2.52. The molecule has 120 valence electrons. The van der Waals surface area contributed by atoms with Crippen molar-refractivity contribution >= 4 is 23.2 Å². The molecule has 0 spiro atoms. The molecule has 0 heterocycles. The lowest BCUT2D eigenvalue weighted by Crippen LogP contribution is -2.37. The molecular weight excluding hydrogens is 288 g/mol. The van der Waals surface area contributed by atoms with Crippen molar-refractivity contribution in [1.82, 2.24) is 0 Å².